The van der Waals surface area contributed by atoms with Crippen molar-refractivity contribution < 1.29 is 14.2 Å². The Hall–Kier alpha value is -4.26. The Morgan fingerprint density at radius 2 is 1.58 bits per heavy atom. The number of carbonyl (C=O) groups excluding carboxylic acids is 1. The molecule has 1 atom stereocenters. The van der Waals surface area contributed by atoms with E-state index in [2.05, 4.69) is 15.3 Å². The van der Waals surface area contributed by atoms with E-state index >= 15 is 0 Å². The lowest BCUT2D eigenvalue weighted by Crippen LogP contribution is -2.31. The number of hydrogen-bond donors (Lipinski definition) is 0. The fourth-order valence-corrected chi connectivity index (χ4v) is 4.01. The Morgan fingerprint density at radius 1 is 0.939 bits per heavy atom. The van der Waals surface area contributed by atoms with Crippen molar-refractivity contribution in [3.8, 4) is 22.6 Å². The van der Waals surface area contributed by atoms with Crippen molar-refractivity contribution in [3.05, 3.63) is 96.3 Å². The third kappa shape index (κ3) is 4.25. The molecule has 0 N–H and O–H groups in total. The van der Waals surface area contributed by atoms with Crippen LogP contribution in [0.2, 0.25) is 0 Å². The van der Waals surface area contributed by atoms with Crippen molar-refractivity contribution in [1.29, 1.82) is 0 Å². The van der Waals surface area contributed by atoms with Gasteiger partial charge in [0.15, 0.2) is 5.82 Å². The van der Waals surface area contributed by atoms with Crippen LogP contribution < -0.4 is 0 Å². The molecule has 7 nitrogen and oxygen atoms in total. The fraction of sp³-hybridized carbons (Fsp3) is 0.154. The van der Waals surface area contributed by atoms with E-state index in [1.165, 1.54) is 7.11 Å². The lowest BCUT2D eigenvalue weighted by atomic mass is 10.0. The van der Waals surface area contributed by atoms with Crippen LogP contribution in [-0.2, 0) is 4.84 Å². The van der Waals surface area contributed by atoms with E-state index in [-0.39, 0.29) is 11.9 Å². The molecule has 0 radical (unpaired) electrons. The molecule has 1 aliphatic rings. The Labute approximate surface area is 191 Å². The Balaban J connectivity index is 1.42. The van der Waals surface area contributed by atoms with E-state index < -0.39 is 0 Å². The van der Waals surface area contributed by atoms with E-state index in [9.17, 15) is 4.79 Å². The number of hydrogen-bond acceptors (Lipinski definition) is 6. The van der Waals surface area contributed by atoms with Crippen LogP contribution in [0.3, 0.4) is 0 Å². The molecule has 164 valence electrons. The average Bonchev–Trinajstić information content (AvgIpc) is 3.53. The number of nitrogens with zero attached hydrogens (tertiary/aromatic N) is 4. The van der Waals surface area contributed by atoms with Crippen LogP contribution in [0.4, 0.5) is 0 Å². The second-order valence-electron chi connectivity index (χ2n) is 7.76. The molecule has 7 heteroatoms. The molecule has 3 aromatic carbocycles. The summed E-state index contributed by atoms with van der Waals surface area (Å²) in [5.41, 5.74) is 4.32. The van der Waals surface area contributed by atoms with Gasteiger partial charge in [-0.25, -0.2) is 0 Å². The molecule has 0 spiro atoms. The minimum Gasteiger partial charge on any atom is -0.399 e. The van der Waals surface area contributed by atoms with Gasteiger partial charge in [0.05, 0.1) is 12.3 Å². The number of rotatable bonds is 5. The van der Waals surface area contributed by atoms with E-state index in [4.69, 9.17) is 9.36 Å². The van der Waals surface area contributed by atoms with Crippen molar-refractivity contribution in [2.75, 3.05) is 13.7 Å². The normalized spacial score (nSPS) is 16.8. The Bertz CT molecular complexity index is 1270. The summed E-state index contributed by atoms with van der Waals surface area (Å²) >= 11 is 0. The highest BCUT2D eigenvalue weighted by Gasteiger charge is 2.38. The maximum absolute atomic E-state index is 13.4. The molecule has 0 aliphatic carbocycles. The van der Waals surface area contributed by atoms with Crippen LogP contribution in [0, 0.1) is 0 Å². The minimum atomic E-state index is -0.388. The molecule has 4 aromatic rings. The minimum absolute atomic E-state index is 0.119. The summed E-state index contributed by atoms with van der Waals surface area (Å²) in [7, 11) is 1.50. The first kappa shape index (κ1) is 20.6. The first-order valence-corrected chi connectivity index (χ1v) is 10.7. The zero-order valence-electron chi connectivity index (χ0n) is 18.1. The van der Waals surface area contributed by atoms with Crippen LogP contribution >= 0.6 is 0 Å². The van der Waals surface area contributed by atoms with Crippen molar-refractivity contribution in [2.45, 2.75) is 12.5 Å². The number of amides is 1. The quantitative estimate of drug-likeness (QED) is 0.410. The molecule has 5 rings (SSSR count). The third-order valence-corrected chi connectivity index (χ3v) is 5.64. The fourth-order valence-electron chi connectivity index (χ4n) is 4.01. The summed E-state index contributed by atoms with van der Waals surface area (Å²) in [6, 6.07) is 26.8. The summed E-state index contributed by atoms with van der Waals surface area (Å²) in [6.45, 7) is 0.340. The SMILES string of the molecule is CO/N=C1\CC(c2noc(-c3ccccc3)n2)N(C(=O)c2ccc(-c3ccccc3)cc2)C1. The Kier molecular flexibility index (Phi) is 5.68. The van der Waals surface area contributed by atoms with E-state index in [0.29, 0.717) is 30.2 Å². The molecule has 1 fully saturated rings. The lowest BCUT2D eigenvalue weighted by molar-refractivity contribution is 0.0732. The van der Waals surface area contributed by atoms with Crippen molar-refractivity contribution in [1.82, 2.24) is 15.0 Å². The molecule has 2 heterocycles. The molecular formula is C26H22N4O3. The van der Waals surface area contributed by atoms with Gasteiger partial charge in [0.25, 0.3) is 11.8 Å². The largest absolute Gasteiger partial charge is 0.399 e. The summed E-state index contributed by atoms with van der Waals surface area (Å²) in [6.07, 6.45) is 0.482. The Morgan fingerprint density at radius 3 is 2.24 bits per heavy atom. The van der Waals surface area contributed by atoms with Crippen LogP contribution in [0.25, 0.3) is 22.6 Å². The van der Waals surface area contributed by atoms with Gasteiger partial charge in [-0.05, 0) is 35.4 Å². The monoisotopic (exact) mass is 438 g/mol. The van der Waals surface area contributed by atoms with Crippen LogP contribution in [0.1, 0.15) is 28.6 Å². The van der Waals surface area contributed by atoms with Crippen molar-refractivity contribution >= 4 is 11.6 Å². The maximum atomic E-state index is 13.4. The number of benzene rings is 3. The van der Waals surface area contributed by atoms with Gasteiger partial charge < -0.3 is 14.3 Å². The summed E-state index contributed by atoms with van der Waals surface area (Å²) < 4.78 is 5.49. The van der Waals surface area contributed by atoms with Crippen molar-refractivity contribution in [3.63, 3.8) is 0 Å². The molecule has 1 aliphatic heterocycles. The highest BCUT2D eigenvalue weighted by molar-refractivity contribution is 6.00. The van der Waals surface area contributed by atoms with Gasteiger partial charge in [0.1, 0.15) is 13.2 Å². The highest BCUT2D eigenvalue weighted by Crippen LogP contribution is 2.32. The molecule has 1 unspecified atom stereocenters. The van der Waals surface area contributed by atoms with Crippen LogP contribution in [0.15, 0.2) is 94.6 Å². The summed E-state index contributed by atoms with van der Waals surface area (Å²) in [4.78, 5) is 24.7. The van der Waals surface area contributed by atoms with Gasteiger partial charge in [-0.3, -0.25) is 4.79 Å². The zero-order chi connectivity index (χ0) is 22.6. The lowest BCUT2D eigenvalue weighted by Gasteiger charge is -2.21. The number of carbonyl (C=O) groups is 1. The molecule has 1 aromatic heterocycles. The van der Waals surface area contributed by atoms with E-state index in [1.807, 2.05) is 84.9 Å². The second kappa shape index (κ2) is 9.08. The van der Waals surface area contributed by atoms with Gasteiger partial charge in [0.2, 0.25) is 0 Å². The zero-order valence-corrected chi connectivity index (χ0v) is 18.1. The first-order valence-electron chi connectivity index (χ1n) is 10.7. The van der Waals surface area contributed by atoms with Crippen LogP contribution in [0.5, 0.6) is 0 Å². The second-order valence-corrected chi connectivity index (χ2v) is 7.76. The third-order valence-electron chi connectivity index (χ3n) is 5.64. The predicted octanol–water partition coefficient (Wildman–Crippen LogP) is 4.99. The summed E-state index contributed by atoms with van der Waals surface area (Å²) in [5.74, 6) is 0.749. The first-order chi connectivity index (χ1) is 16.2. The number of likely N-dealkylation sites (tertiary alicyclic amines) is 1. The molecule has 33 heavy (non-hydrogen) atoms. The van der Waals surface area contributed by atoms with Gasteiger partial charge in [-0.1, -0.05) is 71.0 Å². The van der Waals surface area contributed by atoms with Crippen molar-refractivity contribution in [2.24, 2.45) is 5.16 Å². The topological polar surface area (TPSA) is 80.8 Å². The smallest absolute Gasteiger partial charge is 0.257 e. The highest BCUT2D eigenvalue weighted by atomic mass is 16.6. The van der Waals surface area contributed by atoms with Gasteiger partial charge in [-0.15, -0.1) is 0 Å². The maximum Gasteiger partial charge on any atom is 0.257 e. The predicted molar refractivity (Wildman–Crippen MR) is 124 cm³/mol. The van der Waals surface area contributed by atoms with E-state index in [0.717, 1.165) is 22.4 Å². The van der Waals surface area contributed by atoms with Gasteiger partial charge in [-0.2, -0.15) is 4.98 Å². The van der Waals surface area contributed by atoms with Gasteiger partial charge >= 0.3 is 0 Å². The molecule has 0 bridgehead atoms. The average molecular weight is 438 g/mol. The molecule has 0 saturated carbocycles. The number of aromatic nitrogens is 2. The standard InChI is InChI=1S/C26H22N4O3/c1-32-28-22-16-23(24-27-25(33-29-24)20-10-6-3-7-11-20)30(17-22)26(31)21-14-12-19(13-15-21)18-8-4-2-5-9-18/h2-15,23H,16-17H2,1H3/b28-22+. The molecule has 1 amide bonds. The number of oxime groups is 1. The van der Waals surface area contributed by atoms with Gasteiger partial charge in [0, 0.05) is 17.5 Å². The molecular weight excluding hydrogens is 416 g/mol. The van der Waals surface area contributed by atoms with Crippen LogP contribution in [-0.4, -0.2) is 40.3 Å². The molecule has 1 saturated heterocycles. The summed E-state index contributed by atoms with van der Waals surface area (Å²) in [5, 5.41) is 8.25. The van der Waals surface area contributed by atoms with E-state index in [1.54, 1.807) is 4.90 Å².